The standard InChI is InChI=1S/C20H22N4O3S/c1-20(15-6-3-2-4-7-15)18(26)24(19(27)21-20)14-22-9-11-23(12-10-22)17(25)16-8-5-13-28-16/h2-8,13H,9-12,14H2,1H3,(H,21,27)/t20-/m1/s1. The third-order valence-corrected chi connectivity index (χ3v) is 6.22. The number of thiophene rings is 1. The fourth-order valence-corrected chi connectivity index (χ4v) is 4.33. The van der Waals surface area contributed by atoms with E-state index in [-0.39, 0.29) is 24.5 Å². The van der Waals surface area contributed by atoms with Gasteiger partial charge in [0.1, 0.15) is 5.54 Å². The lowest BCUT2D eigenvalue weighted by Gasteiger charge is -2.35. The highest BCUT2D eigenvalue weighted by atomic mass is 32.1. The molecule has 1 N–H and O–H groups in total. The van der Waals surface area contributed by atoms with Crippen LogP contribution < -0.4 is 5.32 Å². The summed E-state index contributed by atoms with van der Waals surface area (Å²) >= 11 is 1.44. The Morgan fingerprint density at radius 2 is 1.79 bits per heavy atom. The van der Waals surface area contributed by atoms with Gasteiger partial charge in [-0.05, 0) is 23.9 Å². The summed E-state index contributed by atoms with van der Waals surface area (Å²) in [7, 11) is 0. The molecule has 0 radical (unpaired) electrons. The van der Waals surface area contributed by atoms with E-state index in [4.69, 9.17) is 0 Å². The molecule has 0 unspecified atom stereocenters. The van der Waals surface area contributed by atoms with Crippen LogP contribution in [0.2, 0.25) is 0 Å². The Kier molecular flexibility index (Phi) is 4.91. The second-order valence-corrected chi connectivity index (χ2v) is 8.13. The normalized spacial score (nSPS) is 23.2. The van der Waals surface area contributed by atoms with E-state index in [0.29, 0.717) is 26.2 Å². The molecule has 1 aromatic heterocycles. The number of hydrogen-bond donors (Lipinski definition) is 1. The van der Waals surface area contributed by atoms with E-state index in [9.17, 15) is 14.4 Å². The molecule has 2 fully saturated rings. The van der Waals surface area contributed by atoms with Crippen LogP contribution in [0, 0.1) is 0 Å². The number of carbonyl (C=O) groups excluding carboxylic acids is 3. The minimum absolute atomic E-state index is 0.0429. The van der Waals surface area contributed by atoms with Gasteiger partial charge in [-0.2, -0.15) is 0 Å². The number of hydrogen-bond acceptors (Lipinski definition) is 5. The molecule has 0 spiro atoms. The number of imide groups is 1. The predicted octanol–water partition coefficient (Wildman–Crippen LogP) is 1.93. The summed E-state index contributed by atoms with van der Waals surface area (Å²) in [4.78, 5) is 43.8. The van der Waals surface area contributed by atoms with Gasteiger partial charge in [-0.15, -0.1) is 11.3 Å². The Morgan fingerprint density at radius 3 is 2.43 bits per heavy atom. The number of piperazine rings is 1. The summed E-state index contributed by atoms with van der Waals surface area (Å²) in [6.45, 7) is 4.37. The Balaban J connectivity index is 1.38. The molecule has 3 heterocycles. The van der Waals surface area contributed by atoms with Crippen molar-refractivity contribution >= 4 is 29.2 Å². The highest BCUT2D eigenvalue weighted by molar-refractivity contribution is 7.12. The van der Waals surface area contributed by atoms with Crippen molar-refractivity contribution in [1.82, 2.24) is 20.0 Å². The Hall–Kier alpha value is -2.71. The van der Waals surface area contributed by atoms with E-state index < -0.39 is 5.54 Å². The van der Waals surface area contributed by atoms with E-state index in [1.54, 1.807) is 6.92 Å². The molecule has 4 rings (SSSR count). The van der Waals surface area contributed by atoms with Crippen LogP contribution in [0.25, 0.3) is 0 Å². The molecule has 4 amide bonds. The van der Waals surface area contributed by atoms with Crippen LogP contribution in [-0.4, -0.2) is 65.4 Å². The second-order valence-electron chi connectivity index (χ2n) is 7.18. The molecule has 0 saturated carbocycles. The molecule has 2 aromatic rings. The van der Waals surface area contributed by atoms with E-state index in [1.165, 1.54) is 16.2 Å². The first-order chi connectivity index (χ1) is 13.5. The molecular weight excluding hydrogens is 376 g/mol. The van der Waals surface area contributed by atoms with Crippen LogP contribution in [0.1, 0.15) is 22.2 Å². The molecule has 0 bridgehead atoms. The average Bonchev–Trinajstić information content (AvgIpc) is 3.33. The lowest BCUT2D eigenvalue weighted by Crippen LogP contribution is -2.52. The van der Waals surface area contributed by atoms with Crippen LogP contribution in [0.3, 0.4) is 0 Å². The fraction of sp³-hybridized carbons (Fsp3) is 0.350. The quantitative estimate of drug-likeness (QED) is 0.799. The Labute approximate surface area is 167 Å². The molecule has 146 valence electrons. The van der Waals surface area contributed by atoms with Gasteiger partial charge in [-0.3, -0.25) is 14.5 Å². The number of nitrogens with one attached hydrogen (secondary N) is 1. The molecule has 8 heteroatoms. The van der Waals surface area contributed by atoms with Crippen molar-refractivity contribution in [1.29, 1.82) is 0 Å². The smallest absolute Gasteiger partial charge is 0.326 e. The maximum Gasteiger partial charge on any atom is 0.326 e. The maximum atomic E-state index is 13.0. The van der Waals surface area contributed by atoms with Crippen molar-refractivity contribution < 1.29 is 14.4 Å². The number of carbonyl (C=O) groups is 3. The van der Waals surface area contributed by atoms with Crippen molar-refractivity contribution in [2.45, 2.75) is 12.5 Å². The fourth-order valence-electron chi connectivity index (χ4n) is 3.64. The molecule has 7 nitrogen and oxygen atoms in total. The van der Waals surface area contributed by atoms with Crippen molar-refractivity contribution in [2.24, 2.45) is 0 Å². The molecule has 1 aromatic carbocycles. The zero-order valence-electron chi connectivity index (χ0n) is 15.6. The van der Waals surface area contributed by atoms with Crippen LogP contribution in [0.5, 0.6) is 0 Å². The first kappa shape index (κ1) is 18.6. The lowest BCUT2D eigenvalue weighted by molar-refractivity contribution is -0.132. The van der Waals surface area contributed by atoms with Crippen molar-refractivity contribution in [3.05, 3.63) is 58.3 Å². The predicted molar refractivity (Wildman–Crippen MR) is 106 cm³/mol. The topological polar surface area (TPSA) is 73.0 Å². The summed E-state index contributed by atoms with van der Waals surface area (Å²) < 4.78 is 0. The number of amides is 4. The second kappa shape index (κ2) is 7.37. The average molecular weight is 398 g/mol. The highest BCUT2D eigenvalue weighted by Gasteiger charge is 2.49. The van der Waals surface area contributed by atoms with Gasteiger partial charge in [-0.1, -0.05) is 36.4 Å². The largest absolute Gasteiger partial charge is 0.335 e. The summed E-state index contributed by atoms with van der Waals surface area (Å²) in [6, 6.07) is 12.6. The first-order valence-electron chi connectivity index (χ1n) is 9.24. The Bertz CT molecular complexity index is 878. The summed E-state index contributed by atoms with van der Waals surface area (Å²) in [5.74, 6) is -0.206. The van der Waals surface area contributed by atoms with Crippen LogP contribution in [0.4, 0.5) is 4.79 Å². The first-order valence-corrected chi connectivity index (χ1v) is 10.1. The molecule has 2 aliphatic rings. The molecule has 2 aliphatic heterocycles. The summed E-state index contributed by atoms with van der Waals surface area (Å²) in [5, 5.41) is 4.72. The highest BCUT2D eigenvalue weighted by Crippen LogP contribution is 2.28. The number of urea groups is 1. The van der Waals surface area contributed by atoms with Gasteiger partial charge < -0.3 is 10.2 Å². The SMILES string of the molecule is C[C@]1(c2ccccc2)NC(=O)N(CN2CCN(C(=O)c3cccs3)CC2)C1=O. The minimum atomic E-state index is -1.05. The summed E-state index contributed by atoms with van der Waals surface area (Å²) in [5.41, 5.74) is -0.280. The lowest BCUT2D eigenvalue weighted by atomic mass is 9.92. The Morgan fingerprint density at radius 1 is 1.07 bits per heavy atom. The monoisotopic (exact) mass is 398 g/mol. The summed E-state index contributed by atoms with van der Waals surface area (Å²) in [6.07, 6.45) is 0. The zero-order chi connectivity index (χ0) is 19.7. The van der Waals surface area contributed by atoms with Crippen LogP contribution in [-0.2, 0) is 10.3 Å². The number of nitrogens with zero attached hydrogens (tertiary/aromatic N) is 3. The molecular formula is C20H22N4O3S. The third-order valence-electron chi connectivity index (χ3n) is 5.36. The van der Waals surface area contributed by atoms with Gasteiger partial charge in [0.15, 0.2) is 0 Å². The molecule has 0 aliphatic carbocycles. The van der Waals surface area contributed by atoms with E-state index >= 15 is 0 Å². The number of rotatable bonds is 4. The minimum Gasteiger partial charge on any atom is -0.335 e. The molecule has 2 saturated heterocycles. The van der Waals surface area contributed by atoms with E-state index in [0.717, 1.165) is 10.4 Å². The van der Waals surface area contributed by atoms with Gasteiger partial charge in [-0.25, -0.2) is 9.69 Å². The van der Waals surface area contributed by atoms with E-state index in [2.05, 4.69) is 5.32 Å². The van der Waals surface area contributed by atoms with Gasteiger partial charge in [0, 0.05) is 26.2 Å². The van der Waals surface area contributed by atoms with Gasteiger partial charge in [0.05, 0.1) is 11.5 Å². The van der Waals surface area contributed by atoms with E-state index in [1.807, 2.05) is 57.6 Å². The van der Waals surface area contributed by atoms with Gasteiger partial charge in [0.25, 0.3) is 11.8 Å². The van der Waals surface area contributed by atoms with Crippen molar-refractivity contribution in [3.63, 3.8) is 0 Å². The third kappa shape index (κ3) is 3.29. The van der Waals surface area contributed by atoms with Crippen LogP contribution in [0.15, 0.2) is 47.8 Å². The van der Waals surface area contributed by atoms with Crippen molar-refractivity contribution in [2.75, 3.05) is 32.8 Å². The molecule has 28 heavy (non-hydrogen) atoms. The molecule has 1 atom stereocenters. The van der Waals surface area contributed by atoms with Crippen LogP contribution >= 0.6 is 11.3 Å². The van der Waals surface area contributed by atoms with Gasteiger partial charge >= 0.3 is 6.03 Å². The maximum absolute atomic E-state index is 13.0. The zero-order valence-corrected chi connectivity index (χ0v) is 16.4. The van der Waals surface area contributed by atoms with Gasteiger partial charge in [0.2, 0.25) is 0 Å². The van der Waals surface area contributed by atoms with Crippen molar-refractivity contribution in [3.8, 4) is 0 Å². The number of benzene rings is 1.